The number of nitrogens with zero attached hydrogens (tertiary/aromatic N) is 4. The lowest BCUT2D eigenvalue weighted by Crippen LogP contribution is -2.52. The van der Waals surface area contributed by atoms with Gasteiger partial charge < -0.3 is 24.8 Å². The van der Waals surface area contributed by atoms with Crippen molar-refractivity contribution in [2.75, 3.05) is 51.8 Å². The number of aliphatic imine (C=N–C) groups is 1. The predicted octanol–water partition coefficient (Wildman–Crippen LogP) is 3.33. The van der Waals surface area contributed by atoms with Crippen molar-refractivity contribution < 1.29 is 9.53 Å². The summed E-state index contributed by atoms with van der Waals surface area (Å²) < 4.78 is 5.53. The molecule has 0 saturated carbocycles. The first-order valence-corrected chi connectivity index (χ1v) is 11.4. The van der Waals surface area contributed by atoms with Crippen molar-refractivity contribution in [2.24, 2.45) is 4.99 Å². The van der Waals surface area contributed by atoms with Gasteiger partial charge in [-0.15, -0.1) is 24.0 Å². The summed E-state index contributed by atoms with van der Waals surface area (Å²) in [4.78, 5) is 23.1. The number of para-hydroxylation sites is 2. The van der Waals surface area contributed by atoms with Crippen molar-refractivity contribution >= 4 is 41.5 Å². The molecular weight excluding hydrogens is 529 g/mol. The Kier molecular flexibility index (Phi) is 9.22. The van der Waals surface area contributed by atoms with Crippen LogP contribution in [-0.4, -0.2) is 68.5 Å². The molecule has 0 bridgehead atoms. The number of carbonyl (C=O) groups excluding carboxylic acids is 1. The molecule has 178 valence electrons. The zero-order valence-electron chi connectivity index (χ0n) is 19.5. The summed E-state index contributed by atoms with van der Waals surface area (Å²) in [5, 5.41) is 3.51. The molecule has 7 nitrogen and oxygen atoms in total. The van der Waals surface area contributed by atoms with Crippen molar-refractivity contribution in [1.29, 1.82) is 0 Å². The number of amides is 1. The minimum atomic E-state index is 0. The Morgan fingerprint density at radius 2 is 1.79 bits per heavy atom. The van der Waals surface area contributed by atoms with Gasteiger partial charge in [0.05, 0.1) is 12.8 Å². The van der Waals surface area contributed by atoms with Gasteiger partial charge in [-0.2, -0.15) is 0 Å². The Bertz CT molecular complexity index is 959. The molecule has 0 unspecified atom stereocenters. The molecule has 4 rings (SSSR count). The molecule has 2 fully saturated rings. The van der Waals surface area contributed by atoms with Crippen LogP contribution in [0.25, 0.3) is 0 Å². The van der Waals surface area contributed by atoms with Crippen LogP contribution in [0.1, 0.15) is 24.0 Å². The van der Waals surface area contributed by atoms with Crippen LogP contribution in [0, 0.1) is 0 Å². The van der Waals surface area contributed by atoms with Gasteiger partial charge in [-0.05, 0) is 29.7 Å². The summed E-state index contributed by atoms with van der Waals surface area (Å²) in [5.41, 5.74) is 3.52. The van der Waals surface area contributed by atoms with Gasteiger partial charge in [0.1, 0.15) is 5.75 Å². The molecule has 2 aliphatic heterocycles. The molecule has 8 heteroatoms. The average molecular weight is 563 g/mol. The third-order valence-corrected chi connectivity index (χ3v) is 6.20. The molecule has 0 radical (unpaired) electrons. The highest BCUT2D eigenvalue weighted by molar-refractivity contribution is 14.0. The smallest absolute Gasteiger partial charge is 0.222 e. The second-order valence-electron chi connectivity index (χ2n) is 8.29. The Hall–Kier alpha value is -2.49. The van der Waals surface area contributed by atoms with E-state index in [9.17, 15) is 4.79 Å². The minimum absolute atomic E-state index is 0. The van der Waals surface area contributed by atoms with Gasteiger partial charge in [0.25, 0.3) is 0 Å². The van der Waals surface area contributed by atoms with E-state index in [1.165, 1.54) is 11.1 Å². The number of carbonyl (C=O) groups is 1. The highest BCUT2D eigenvalue weighted by atomic mass is 127. The maximum absolute atomic E-state index is 11.9. The summed E-state index contributed by atoms with van der Waals surface area (Å²) >= 11 is 0. The maximum Gasteiger partial charge on any atom is 0.222 e. The molecule has 2 aliphatic rings. The van der Waals surface area contributed by atoms with Crippen LogP contribution in [0.3, 0.4) is 0 Å². The quantitative estimate of drug-likeness (QED) is 0.332. The van der Waals surface area contributed by atoms with E-state index >= 15 is 0 Å². The van der Waals surface area contributed by atoms with Crippen molar-refractivity contribution in [2.45, 2.75) is 25.9 Å². The SMILES string of the molecule is CN=C(NCc1cccc(CN2CCCC2=O)c1)N1CCN(c2ccccc2OC)CC1.I. The first-order chi connectivity index (χ1) is 15.7. The molecule has 0 spiro atoms. The molecular formula is C25H34IN5O2. The molecule has 1 N–H and O–H groups in total. The van der Waals surface area contributed by atoms with E-state index in [0.717, 1.165) is 56.5 Å². The van der Waals surface area contributed by atoms with Gasteiger partial charge in [-0.1, -0.05) is 36.4 Å². The van der Waals surface area contributed by atoms with Crippen LogP contribution in [-0.2, 0) is 17.9 Å². The second kappa shape index (κ2) is 12.1. The predicted molar refractivity (Wildman–Crippen MR) is 143 cm³/mol. The van der Waals surface area contributed by atoms with E-state index in [1.54, 1.807) is 7.11 Å². The Morgan fingerprint density at radius 3 is 2.48 bits per heavy atom. The van der Waals surface area contributed by atoms with E-state index in [4.69, 9.17) is 4.74 Å². The highest BCUT2D eigenvalue weighted by Gasteiger charge is 2.22. The van der Waals surface area contributed by atoms with Crippen LogP contribution in [0.5, 0.6) is 5.75 Å². The van der Waals surface area contributed by atoms with Gasteiger partial charge in [-0.25, -0.2) is 0 Å². The molecule has 2 aromatic rings. The number of hydrogen-bond acceptors (Lipinski definition) is 4. The van der Waals surface area contributed by atoms with Gasteiger partial charge in [0, 0.05) is 59.3 Å². The minimum Gasteiger partial charge on any atom is -0.495 e. The summed E-state index contributed by atoms with van der Waals surface area (Å²) in [6.07, 6.45) is 1.66. The number of anilines is 1. The number of nitrogens with one attached hydrogen (secondary N) is 1. The van der Waals surface area contributed by atoms with Gasteiger partial charge in [0.15, 0.2) is 5.96 Å². The lowest BCUT2D eigenvalue weighted by atomic mass is 10.1. The molecule has 0 atom stereocenters. The molecule has 33 heavy (non-hydrogen) atoms. The number of ether oxygens (including phenoxy) is 1. The zero-order chi connectivity index (χ0) is 22.3. The van der Waals surface area contributed by atoms with Crippen LogP contribution in [0.2, 0.25) is 0 Å². The number of piperazine rings is 1. The third kappa shape index (κ3) is 6.31. The Morgan fingerprint density at radius 1 is 1.03 bits per heavy atom. The normalized spacial score (nSPS) is 16.6. The summed E-state index contributed by atoms with van der Waals surface area (Å²) in [6.45, 7) is 5.91. The number of methoxy groups -OCH3 is 1. The first kappa shape index (κ1) is 25.1. The maximum atomic E-state index is 11.9. The number of guanidine groups is 1. The van der Waals surface area contributed by atoms with Crippen molar-refractivity contribution in [1.82, 2.24) is 15.1 Å². The monoisotopic (exact) mass is 563 g/mol. The fourth-order valence-corrected chi connectivity index (χ4v) is 4.49. The fraction of sp³-hybridized carbons (Fsp3) is 0.440. The van der Waals surface area contributed by atoms with Crippen LogP contribution in [0.15, 0.2) is 53.5 Å². The average Bonchev–Trinajstić information content (AvgIpc) is 3.24. The standard InChI is InChI=1S/C25H33N5O2.HI/c1-26-25(29-15-13-28(14-16-29)22-9-3-4-10-23(22)32-2)27-18-20-7-5-8-21(17-20)19-30-12-6-11-24(30)31;/h3-5,7-10,17H,6,11-16,18-19H2,1-2H3,(H,26,27);1H. The molecule has 1 amide bonds. The van der Waals surface area contributed by atoms with Crippen molar-refractivity contribution in [3.05, 3.63) is 59.7 Å². The van der Waals surface area contributed by atoms with Crippen LogP contribution >= 0.6 is 24.0 Å². The number of halogens is 1. The third-order valence-electron chi connectivity index (χ3n) is 6.20. The Labute approximate surface area is 213 Å². The number of likely N-dealkylation sites (tertiary alicyclic amines) is 1. The molecule has 2 saturated heterocycles. The molecule has 0 aliphatic carbocycles. The summed E-state index contributed by atoms with van der Waals surface area (Å²) in [6, 6.07) is 16.7. The van der Waals surface area contributed by atoms with E-state index in [-0.39, 0.29) is 29.9 Å². The number of benzene rings is 2. The summed E-state index contributed by atoms with van der Waals surface area (Å²) in [5.74, 6) is 2.10. The first-order valence-electron chi connectivity index (χ1n) is 11.4. The lowest BCUT2D eigenvalue weighted by molar-refractivity contribution is -0.128. The van der Waals surface area contributed by atoms with Gasteiger partial charge in [-0.3, -0.25) is 9.79 Å². The Balaban J connectivity index is 0.00000306. The van der Waals surface area contributed by atoms with Gasteiger partial charge >= 0.3 is 0 Å². The highest BCUT2D eigenvalue weighted by Crippen LogP contribution is 2.28. The van der Waals surface area contributed by atoms with E-state index in [1.807, 2.05) is 24.1 Å². The molecule has 2 aromatic carbocycles. The van der Waals surface area contributed by atoms with Crippen LogP contribution < -0.4 is 15.0 Å². The number of rotatable bonds is 6. The van der Waals surface area contributed by atoms with E-state index in [0.29, 0.717) is 19.5 Å². The second-order valence-corrected chi connectivity index (χ2v) is 8.29. The largest absolute Gasteiger partial charge is 0.495 e. The molecule has 0 aromatic heterocycles. The summed E-state index contributed by atoms with van der Waals surface area (Å²) in [7, 11) is 3.56. The molecule has 2 heterocycles. The van der Waals surface area contributed by atoms with E-state index in [2.05, 4.69) is 56.5 Å². The lowest BCUT2D eigenvalue weighted by Gasteiger charge is -2.38. The fourth-order valence-electron chi connectivity index (χ4n) is 4.49. The topological polar surface area (TPSA) is 60.4 Å². The van der Waals surface area contributed by atoms with Gasteiger partial charge in [0.2, 0.25) is 5.91 Å². The number of hydrogen-bond donors (Lipinski definition) is 1. The zero-order valence-corrected chi connectivity index (χ0v) is 21.8. The van der Waals surface area contributed by atoms with Crippen molar-refractivity contribution in [3.8, 4) is 5.75 Å². The van der Waals surface area contributed by atoms with Crippen LogP contribution in [0.4, 0.5) is 5.69 Å². The van der Waals surface area contributed by atoms with Crippen molar-refractivity contribution in [3.63, 3.8) is 0 Å². The van der Waals surface area contributed by atoms with E-state index < -0.39 is 0 Å².